The van der Waals surface area contributed by atoms with E-state index in [0.29, 0.717) is 0 Å². The molecule has 4 aromatic carbocycles. The van der Waals surface area contributed by atoms with Gasteiger partial charge in [0.2, 0.25) is 6.71 Å². The molecular formula is C39H30BN3. The summed E-state index contributed by atoms with van der Waals surface area (Å²) >= 11 is 0. The molecule has 0 saturated heterocycles. The molecule has 0 amide bonds. The van der Waals surface area contributed by atoms with Crippen LogP contribution in [0, 0.1) is 0 Å². The van der Waals surface area contributed by atoms with Gasteiger partial charge in [-0.2, -0.15) is 0 Å². The highest BCUT2D eigenvalue weighted by Crippen LogP contribution is 2.61. The SMILES string of the molecule is CC1(C)C2=C(c3ccccc31)N(c1ccccc1)c1ccc3c4ccccc4n4c3c1B2C1=C4C(C)(C)c2cnccc21. The van der Waals surface area contributed by atoms with E-state index in [1.807, 2.05) is 6.20 Å². The first-order chi connectivity index (χ1) is 20.9. The molecule has 0 unspecified atom stereocenters. The maximum atomic E-state index is 4.66. The van der Waals surface area contributed by atoms with E-state index in [1.54, 1.807) is 0 Å². The Morgan fingerprint density at radius 2 is 1.44 bits per heavy atom. The van der Waals surface area contributed by atoms with Gasteiger partial charge in [-0.05, 0) is 58.0 Å². The molecule has 0 spiro atoms. The summed E-state index contributed by atoms with van der Waals surface area (Å²) < 4.78 is 2.62. The fourth-order valence-electron chi connectivity index (χ4n) is 9.15. The summed E-state index contributed by atoms with van der Waals surface area (Å²) in [5.41, 5.74) is 17.3. The molecule has 0 N–H and O–H groups in total. The van der Waals surface area contributed by atoms with E-state index in [0.717, 1.165) is 0 Å². The van der Waals surface area contributed by atoms with Crippen molar-refractivity contribution in [1.29, 1.82) is 0 Å². The standard InChI is InChI=1S/C39H30BN3/c1-38(2)28-16-10-8-15-27(28)35-36(38)40-32-26-20-21-41-22-29(26)39(3,4)37(32)43-30-17-11-9-14-24(30)25-18-19-31(33(40)34(25)43)42(35)23-12-6-5-7-13-23/h5-22H,1-4H3. The average molecular weight is 552 g/mol. The van der Waals surface area contributed by atoms with Gasteiger partial charge in [-0.15, -0.1) is 0 Å². The van der Waals surface area contributed by atoms with E-state index >= 15 is 0 Å². The first-order valence-corrected chi connectivity index (χ1v) is 15.4. The zero-order valence-corrected chi connectivity index (χ0v) is 24.8. The van der Waals surface area contributed by atoms with E-state index in [9.17, 15) is 0 Å². The normalized spacial score (nSPS) is 18.3. The number of benzene rings is 4. The van der Waals surface area contributed by atoms with Gasteiger partial charge in [0, 0.05) is 62.3 Å². The minimum absolute atomic E-state index is 0.130. The topological polar surface area (TPSA) is 21.1 Å². The van der Waals surface area contributed by atoms with Crippen LogP contribution in [0.15, 0.2) is 115 Å². The molecule has 2 aromatic heterocycles. The summed E-state index contributed by atoms with van der Waals surface area (Å²) in [6.45, 7) is 9.81. The lowest BCUT2D eigenvalue weighted by Crippen LogP contribution is -2.49. The second kappa shape index (κ2) is 7.57. The van der Waals surface area contributed by atoms with Gasteiger partial charge in [-0.3, -0.25) is 4.98 Å². The van der Waals surface area contributed by atoms with Gasteiger partial charge in [-0.25, -0.2) is 0 Å². The first-order valence-electron chi connectivity index (χ1n) is 15.4. The van der Waals surface area contributed by atoms with Crippen molar-refractivity contribution in [2.24, 2.45) is 0 Å². The molecule has 3 nitrogen and oxygen atoms in total. The number of allylic oxidation sites excluding steroid dienone is 2. The third-order valence-electron chi connectivity index (χ3n) is 10.8. The zero-order valence-electron chi connectivity index (χ0n) is 24.8. The fraction of sp³-hybridized carbons (Fsp3) is 0.154. The Hall–Kier alpha value is -4.83. The average Bonchev–Trinajstić information content (AvgIpc) is 3.58. The van der Waals surface area contributed by atoms with Crippen LogP contribution in [0.3, 0.4) is 0 Å². The van der Waals surface area contributed by atoms with Crippen LogP contribution in [-0.2, 0) is 10.8 Å². The van der Waals surface area contributed by atoms with Crippen molar-refractivity contribution in [3.8, 4) is 0 Å². The Morgan fingerprint density at radius 1 is 0.674 bits per heavy atom. The highest BCUT2D eigenvalue weighted by Gasteiger charge is 2.56. The van der Waals surface area contributed by atoms with Crippen LogP contribution in [0.25, 0.3) is 38.7 Å². The van der Waals surface area contributed by atoms with Gasteiger partial charge in [-0.1, -0.05) is 99.9 Å². The maximum absolute atomic E-state index is 4.66. The van der Waals surface area contributed by atoms with E-state index in [4.69, 9.17) is 0 Å². The van der Waals surface area contributed by atoms with Crippen LogP contribution in [0.1, 0.15) is 49.9 Å². The second-order valence-corrected chi connectivity index (χ2v) is 13.6. The predicted octanol–water partition coefficient (Wildman–Crippen LogP) is 8.50. The van der Waals surface area contributed by atoms with Crippen molar-refractivity contribution in [3.63, 3.8) is 0 Å². The molecular weight excluding hydrogens is 521 g/mol. The van der Waals surface area contributed by atoms with E-state index < -0.39 is 0 Å². The number of anilines is 2. The lowest BCUT2D eigenvalue weighted by Gasteiger charge is -2.43. The van der Waals surface area contributed by atoms with Crippen LogP contribution in [0.4, 0.5) is 11.4 Å². The zero-order chi connectivity index (χ0) is 28.8. The number of pyridine rings is 1. The van der Waals surface area contributed by atoms with Crippen LogP contribution in [0.5, 0.6) is 0 Å². The Kier molecular flexibility index (Phi) is 4.17. The highest BCUT2D eigenvalue weighted by atomic mass is 15.2. The Labute approximate surface area is 251 Å². The Balaban J connectivity index is 1.45. The van der Waals surface area contributed by atoms with Gasteiger partial charge >= 0.3 is 0 Å². The van der Waals surface area contributed by atoms with E-state index in [2.05, 4.69) is 145 Å². The molecule has 43 heavy (non-hydrogen) atoms. The molecule has 6 aromatic rings. The molecule has 0 atom stereocenters. The number of aromatic nitrogens is 2. The molecule has 0 radical (unpaired) electrons. The van der Waals surface area contributed by atoms with Crippen molar-refractivity contribution >= 4 is 62.2 Å². The van der Waals surface area contributed by atoms with Crippen LogP contribution >= 0.6 is 0 Å². The summed E-state index contributed by atoms with van der Waals surface area (Å²) in [5, 5.41) is 2.65. The third kappa shape index (κ3) is 2.59. The minimum atomic E-state index is -0.200. The summed E-state index contributed by atoms with van der Waals surface area (Å²) in [4.78, 5) is 7.23. The molecule has 4 heteroatoms. The lowest BCUT2D eigenvalue weighted by atomic mass is 9.29. The molecule has 0 fully saturated rings. The largest absolute Gasteiger partial charge is 0.313 e. The maximum Gasteiger partial charge on any atom is 0.249 e. The smallest absolute Gasteiger partial charge is 0.249 e. The van der Waals surface area contributed by atoms with Crippen molar-refractivity contribution < 1.29 is 0 Å². The summed E-state index contributed by atoms with van der Waals surface area (Å²) in [6, 6.07) is 36.1. The van der Waals surface area contributed by atoms with Crippen LogP contribution in [-0.4, -0.2) is 16.3 Å². The highest BCUT2D eigenvalue weighted by molar-refractivity contribution is 7.01. The summed E-state index contributed by atoms with van der Waals surface area (Å²) in [5.74, 6) is 0. The fourth-order valence-corrected chi connectivity index (χ4v) is 9.15. The molecule has 204 valence electrons. The van der Waals surface area contributed by atoms with E-state index in [1.165, 1.54) is 83.2 Å². The number of fused-ring (bicyclic) bond motifs is 10. The number of para-hydroxylation sites is 2. The molecule has 10 rings (SSSR count). The molecule has 2 aliphatic carbocycles. The molecule has 0 saturated carbocycles. The van der Waals surface area contributed by atoms with Gasteiger partial charge in [0.05, 0.1) is 11.0 Å². The molecule has 0 bridgehead atoms. The number of hydrogen-bond donors (Lipinski definition) is 0. The van der Waals surface area contributed by atoms with Crippen molar-refractivity contribution in [1.82, 2.24) is 9.55 Å². The minimum Gasteiger partial charge on any atom is -0.313 e. The van der Waals surface area contributed by atoms with Crippen LogP contribution < -0.4 is 10.4 Å². The number of rotatable bonds is 1. The number of hydrogen-bond acceptors (Lipinski definition) is 2. The van der Waals surface area contributed by atoms with Gasteiger partial charge in [0.15, 0.2) is 0 Å². The summed E-state index contributed by atoms with van der Waals surface area (Å²) in [6.07, 6.45) is 4.10. The first kappa shape index (κ1) is 23.7. The Morgan fingerprint density at radius 3 is 2.30 bits per heavy atom. The Bertz CT molecular complexity index is 2300. The third-order valence-corrected chi connectivity index (χ3v) is 10.8. The lowest BCUT2D eigenvalue weighted by molar-refractivity contribution is 0.665. The van der Waals surface area contributed by atoms with Gasteiger partial charge in [0.25, 0.3) is 0 Å². The molecule has 4 heterocycles. The predicted molar refractivity (Wildman–Crippen MR) is 180 cm³/mol. The van der Waals surface area contributed by atoms with Crippen molar-refractivity contribution in [2.45, 2.75) is 38.5 Å². The molecule has 4 aliphatic rings. The summed E-state index contributed by atoms with van der Waals surface area (Å²) in [7, 11) is 0. The van der Waals surface area contributed by atoms with Crippen molar-refractivity contribution in [2.75, 3.05) is 4.90 Å². The number of nitrogens with zero attached hydrogens (tertiary/aromatic N) is 3. The van der Waals surface area contributed by atoms with Gasteiger partial charge in [0.1, 0.15) is 0 Å². The van der Waals surface area contributed by atoms with Gasteiger partial charge < -0.3 is 9.47 Å². The second-order valence-electron chi connectivity index (χ2n) is 13.6. The monoisotopic (exact) mass is 551 g/mol. The quantitative estimate of drug-likeness (QED) is 0.191. The van der Waals surface area contributed by atoms with Crippen LogP contribution in [0.2, 0.25) is 0 Å². The van der Waals surface area contributed by atoms with E-state index in [-0.39, 0.29) is 17.5 Å². The van der Waals surface area contributed by atoms with Crippen molar-refractivity contribution in [3.05, 3.63) is 137 Å². The molecule has 2 aliphatic heterocycles.